The Bertz CT molecular complexity index is 2800. The first-order valence-electron chi connectivity index (χ1n) is 20.1. The lowest BCUT2D eigenvalue weighted by Crippen LogP contribution is -2.57. The summed E-state index contributed by atoms with van der Waals surface area (Å²) >= 11 is 0. The molecule has 15 aliphatic heterocycles. The van der Waals surface area contributed by atoms with Crippen molar-refractivity contribution in [1.29, 1.82) is 0 Å². The molecule has 0 saturated carbocycles. The van der Waals surface area contributed by atoms with Crippen molar-refractivity contribution in [1.82, 2.24) is 19.1 Å². The van der Waals surface area contributed by atoms with Gasteiger partial charge in [0.15, 0.2) is 0 Å². The number of hydrogen-bond acceptors (Lipinski definition) is 5. The molecule has 15 aliphatic rings. The molecule has 18 bridgehead atoms. The van der Waals surface area contributed by atoms with E-state index in [9.17, 15) is 0 Å². The third-order valence-corrected chi connectivity index (χ3v) is 30.2. The zero-order valence-electron chi connectivity index (χ0n) is 34.6. The minimum Gasteiger partial charge on any atom is -0.449 e. The Balaban J connectivity index is 1.32. The fraction of sp³-hybridized carbons (Fsp3) is 0.244. The molecule has 23 rings (SSSR count). The number of rotatable bonds is 0. The van der Waals surface area contributed by atoms with Crippen LogP contribution in [0.1, 0.15) is 5.56 Å². The highest BCUT2D eigenvalue weighted by molar-refractivity contribution is 6.98. The van der Waals surface area contributed by atoms with Crippen LogP contribution in [0.4, 0.5) is 0 Å². The molecular weight excluding hydrogens is 785 g/mol. The van der Waals surface area contributed by atoms with Crippen molar-refractivity contribution in [3.63, 3.8) is 0 Å². The molecule has 7 nitrogen and oxygen atoms in total. The van der Waals surface area contributed by atoms with Crippen LogP contribution in [0.25, 0.3) is 55.2 Å². The monoisotopic (exact) mass is 834 g/mol. The first kappa shape index (κ1) is 37.0. The van der Waals surface area contributed by atoms with Crippen LogP contribution < -0.4 is 25.9 Å². The maximum Gasteiger partial charge on any atom is 0.220 e. The maximum absolute atomic E-state index is 7.54. The molecule has 8 aromatic rings. The second-order valence-electron chi connectivity index (χ2n) is 18.6. The van der Waals surface area contributed by atoms with Crippen LogP contribution in [0.5, 0.6) is 0 Å². The molecule has 0 saturated heterocycles. The van der Waals surface area contributed by atoms with Crippen LogP contribution in [-0.4, -0.2) is 60.7 Å². The lowest BCUT2D eigenvalue weighted by Gasteiger charge is -2.35. The minimum atomic E-state index is -2.43. The Morgan fingerprint density at radius 3 is 1.09 bits per heavy atom. The molecule has 0 fully saturated rings. The lowest BCUT2D eigenvalue weighted by molar-refractivity contribution is 0.303. The third-order valence-electron chi connectivity index (χ3n) is 12.6. The summed E-state index contributed by atoms with van der Waals surface area (Å²) in [6.07, 6.45) is 4.01. The van der Waals surface area contributed by atoms with Gasteiger partial charge in [0, 0.05) is 33.9 Å². The molecule has 0 aliphatic carbocycles. The summed E-state index contributed by atoms with van der Waals surface area (Å²) in [6.45, 7) is 23.9. The normalized spacial score (nSPS) is 19.1. The summed E-state index contributed by atoms with van der Waals surface area (Å²) in [5.74, 6) is 1.79. The number of benzene rings is 4. The van der Waals surface area contributed by atoms with Gasteiger partial charge in [0.2, 0.25) is 41.6 Å². The Hall–Kier alpha value is -4.26. The average Bonchev–Trinajstić information content (AvgIpc) is 3.67. The summed E-state index contributed by atoms with van der Waals surface area (Å²) in [5.41, 5.74) is 5.62. The second-order valence-corrected chi connectivity index (χ2v) is 38.5. The molecule has 57 heavy (non-hydrogen) atoms. The van der Waals surface area contributed by atoms with E-state index in [2.05, 4.69) is 172 Å². The van der Waals surface area contributed by atoms with Crippen LogP contribution in [-0.2, 0) is 19.3 Å². The largest absolute Gasteiger partial charge is 0.449 e. The quantitative estimate of drug-likeness (QED) is 0.145. The van der Waals surface area contributed by atoms with Gasteiger partial charge < -0.3 is 12.7 Å². The Morgan fingerprint density at radius 2 is 0.754 bits per heavy atom. The molecule has 288 valence electrons. The van der Waals surface area contributed by atoms with Gasteiger partial charge in [0.1, 0.15) is 11.6 Å². The van der Waals surface area contributed by atoms with Crippen molar-refractivity contribution in [2.75, 3.05) is 0 Å². The van der Waals surface area contributed by atoms with E-state index in [0.29, 0.717) is 6.61 Å². The zero-order chi connectivity index (χ0) is 39.9. The predicted octanol–water partition coefficient (Wildman–Crippen LogP) is 8.01. The van der Waals surface area contributed by atoms with Gasteiger partial charge in [-0.2, -0.15) is 0 Å². The summed E-state index contributed by atoms with van der Waals surface area (Å²) in [5, 5.41) is 11.2. The fourth-order valence-electron chi connectivity index (χ4n) is 9.41. The molecule has 4 aromatic carbocycles. The second kappa shape index (κ2) is 12.4. The topological polar surface area (TPSA) is 63.3 Å². The van der Waals surface area contributed by atoms with E-state index in [0.717, 1.165) is 44.5 Å². The zero-order valence-corrected chi connectivity index (χ0v) is 39.6. The molecule has 19 heterocycles. The summed E-state index contributed by atoms with van der Waals surface area (Å²) < 4.78 is 26.5. The van der Waals surface area contributed by atoms with Crippen molar-refractivity contribution in [2.24, 2.45) is 0 Å². The van der Waals surface area contributed by atoms with Gasteiger partial charge >= 0.3 is 0 Å². The Labute approximate surface area is 339 Å². The van der Waals surface area contributed by atoms with Gasteiger partial charge in [-0.05, 0) is 133 Å². The Morgan fingerprint density at radius 1 is 0.404 bits per heavy atom. The van der Waals surface area contributed by atoms with Crippen LogP contribution in [0.2, 0.25) is 65.5 Å². The highest BCUT2D eigenvalue weighted by Crippen LogP contribution is 2.35. The van der Waals surface area contributed by atoms with E-state index in [1.807, 2.05) is 12.4 Å². The summed E-state index contributed by atoms with van der Waals surface area (Å²) in [7, 11) is -12.0. The molecular formula is C45H50N4O3Si5. The lowest BCUT2D eigenvalue weighted by atomic mass is 10.1. The van der Waals surface area contributed by atoms with Crippen LogP contribution >= 0.6 is 0 Å². The van der Waals surface area contributed by atoms with Crippen molar-refractivity contribution < 1.29 is 12.7 Å². The molecule has 0 radical (unpaired) electrons. The van der Waals surface area contributed by atoms with E-state index in [1.54, 1.807) is 0 Å². The van der Waals surface area contributed by atoms with E-state index in [-0.39, 0.29) is 0 Å². The number of nitrogens with zero attached hydrogens (tertiary/aromatic N) is 4. The van der Waals surface area contributed by atoms with Crippen LogP contribution in [0.3, 0.4) is 0 Å². The van der Waals surface area contributed by atoms with Gasteiger partial charge in [-0.1, -0.05) is 60.7 Å². The van der Waals surface area contributed by atoms with Crippen molar-refractivity contribution in [3.05, 3.63) is 115 Å². The van der Waals surface area contributed by atoms with E-state index < -0.39 is 41.6 Å². The maximum atomic E-state index is 7.54. The molecule has 0 spiro atoms. The molecule has 0 atom stereocenters. The first-order valence-corrected chi connectivity index (χ1v) is 34.6. The standard InChI is InChI=1S/C45H50N4O3Si5/c1-53(2)35-16-22-45(47-28-35)49-42-19-14-33-25-38(42)39-26-34(15-20-43(39)49)57(9,10)52-55(5,6)32-13-18-41-37(24-32)36-23-31(54(3,4)51-56(33,7)8)12-17-40(36)48(41)44-21-11-30(27-46-44)29-50-53/h11-28H,29H2,1-10H3. The van der Waals surface area contributed by atoms with E-state index in [1.165, 1.54) is 42.3 Å². The first-order chi connectivity index (χ1) is 26.9. The van der Waals surface area contributed by atoms with Gasteiger partial charge in [-0.3, -0.25) is 9.13 Å². The predicted molar refractivity (Wildman–Crippen MR) is 250 cm³/mol. The van der Waals surface area contributed by atoms with Crippen molar-refractivity contribution >= 4 is 111 Å². The van der Waals surface area contributed by atoms with E-state index >= 15 is 0 Å². The van der Waals surface area contributed by atoms with Crippen LogP contribution in [0, 0.1) is 0 Å². The molecule has 4 aromatic heterocycles. The number of aromatic nitrogens is 4. The molecule has 0 amide bonds. The van der Waals surface area contributed by atoms with Gasteiger partial charge in [0.25, 0.3) is 0 Å². The van der Waals surface area contributed by atoms with Crippen LogP contribution in [0.15, 0.2) is 109 Å². The summed E-state index contributed by atoms with van der Waals surface area (Å²) in [6, 6.07) is 36.9. The molecule has 12 heteroatoms. The van der Waals surface area contributed by atoms with Gasteiger partial charge in [-0.25, -0.2) is 9.97 Å². The average molecular weight is 835 g/mol. The van der Waals surface area contributed by atoms with E-state index in [4.69, 9.17) is 22.6 Å². The third kappa shape index (κ3) is 5.87. The minimum absolute atomic E-state index is 0.491. The highest BCUT2D eigenvalue weighted by atomic mass is 28.4. The SMILES string of the molecule is C[Si]1(C)OCc2ccc(nc2)-n2c3ccc4cc3c3cc(ccc32)[Si](C)(C)O[Si](C)(C)c2ccc3c(c2)c2cc(ccc2n3-c2ccc1cn2)[Si](C)(C)O[Si]4(C)C. The fourth-order valence-corrected chi connectivity index (χ4v) is 27.0. The van der Waals surface area contributed by atoms with Gasteiger partial charge in [-0.15, -0.1) is 0 Å². The smallest absolute Gasteiger partial charge is 0.220 e. The van der Waals surface area contributed by atoms with Crippen molar-refractivity contribution in [2.45, 2.75) is 72.1 Å². The molecule has 0 unspecified atom stereocenters. The number of hydrogen-bond donors (Lipinski definition) is 0. The number of pyridine rings is 2. The molecule has 0 N–H and O–H groups in total. The van der Waals surface area contributed by atoms with Crippen molar-refractivity contribution in [3.8, 4) is 11.6 Å². The summed E-state index contributed by atoms with van der Waals surface area (Å²) in [4.78, 5) is 10.2. The highest BCUT2D eigenvalue weighted by Gasteiger charge is 2.39. The Kier molecular flexibility index (Phi) is 8.05. The van der Waals surface area contributed by atoms with Gasteiger partial charge in [0.05, 0.1) is 28.7 Å².